The summed E-state index contributed by atoms with van der Waals surface area (Å²) in [5.74, 6) is -2.20. The van der Waals surface area contributed by atoms with Gasteiger partial charge in [0.15, 0.2) is 6.04 Å². The van der Waals surface area contributed by atoms with Crippen molar-refractivity contribution in [2.45, 2.75) is 26.3 Å². The van der Waals surface area contributed by atoms with Crippen LogP contribution in [0.25, 0.3) is 0 Å². The smallest absolute Gasteiger partial charge is 0.330 e. The highest BCUT2D eigenvalue weighted by Crippen LogP contribution is 2.28. The predicted molar refractivity (Wildman–Crippen MR) is 90.9 cm³/mol. The van der Waals surface area contributed by atoms with Crippen LogP contribution in [0.2, 0.25) is 0 Å². The number of benzene rings is 1. The molecule has 0 aliphatic carbocycles. The molecule has 2 N–H and O–H groups in total. The van der Waals surface area contributed by atoms with Gasteiger partial charge < -0.3 is 15.2 Å². The zero-order valence-corrected chi connectivity index (χ0v) is 15.0. The van der Waals surface area contributed by atoms with Crippen molar-refractivity contribution in [3.63, 3.8) is 0 Å². The van der Waals surface area contributed by atoms with Gasteiger partial charge in [-0.1, -0.05) is 19.9 Å². The maximum absolute atomic E-state index is 12.1. The van der Waals surface area contributed by atoms with Gasteiger partial charge in [-0.25, -0.2) is 17.5 Å². The molecule has 0 bridgehead atoms. The Bertz CT molecular complexity index is 758. The van der Waals surface area contributed by atoms with Gasteiger partial charge in [-0.15, -0.1) is 0 Å². The van der Waals surface area contributed by atoms with E-state index in [0.717, 1.165) is 9.87 Å². The number of carbonyl (C=O) groups excluding carboxylic acids is 1. The Labute approximate surface area is 146 Å². The van der Waals surface area contributed by atoms with Gasteiger partial charge in [-0.2, -0.15) is 0 Å². The SMILES string of the molecule is CCN(CC)S(=O)(=O)CC(=O)NC(C(=O)O)c1ccc2c(c1)CCO2. The number of amides is 1. The average molecular weight is 370 g/mol. The molecule has 25 heavy (non-hydrogen) atoms. The van der Waals surface area contributed by atoms with Crippen LogP contribution in [-0.2, 0) is 26.0 Å². The van der Waals surface area contributed by atoms with Crippen molar-refractivity contribution >= 4 is 21.9 Å². The van der Waals surface area contributed by atoms with E-state index >= 15 is 0 Å². The number of rotatable bonds is 8. The molecule has 0 radical (unpaired) electrons. The normalized spacial score (nSPS) is 14.7. The molecule has 1 aromatic carbocycles. The molecule has 1 heterocycles. The number of nitrogens with one attached hydrogen (secondary N) is 1. The van der Waals surface area contributed by atoms with Gasteiger partial charge in [0.1, 0.15) is 11.5 Å². The highest BCUT2D eigenvalue weighted by atomic mass is 32.2. The number of carboxylic acids is 1. The van der Waals surface area contributed by atoms with Crippen molar-refractivity contribution < 1.29 is 27.9 Å². The Morgan fingerprint density at radius 3 is 2.60 bits per heavy atom. The van der Waals surface area contributed by atoms with Crippen molar-refractivity contribution in [1.29, 1.82) is 0 Å². The monoisotopic (exact) mass is 370 g/mol. The molecule has 2 rings (SSSR count). The van der Waals surface area contributed by atoms with Gasteiger partial charge in [-0.05, 0) is 23.3 Å². The fourth-order valence-electron chi connectivity index (χ4n) is 2.75. The molecule has 1 aliphatic heterocycles. The summed E-state index contributed by atoms with van der Waals surface area (Å²) in [6, 6.07) is 3.57. The number of carboxylic acid groups (broad SMARTS) is 1. The van der Waals surface area contributed by atoms with Gasteiger partial charge in [-0.3, -0.25) is 4.79 Å². The lowest BCUT2D eigenvalue weighted by Gasteiger charge is -2.20. The molecule has 1 atom stereocenters. The summed E-state index contributed by atoms with van der Waals surface area (Å²) < 4.78 is 30.8. The molecule has 1 aromatic rings. The Kier molecular flexibility index (Phi) is 6.02. The van der Waals surface area contributed by atoms with Crippen LogP contribution in [0.4, 0.5) is 0 Å². The van der Waals surface area contributed by atoms with Crippen LogP contribution in [0.5, 0.6) is 5.75 Å². The molecule has 8 nitrogen and oxygen atoms in total. The summed E-state index contributed by atoms with van der Waals surface area (Å²) in [5, 5.41) is 11.7. The van der Waals surface area contributed by atoms with E-state index in [1.165, 1.54) is 0 Å². The van der Waals surface area contributed by atoms with Crippen molar-refractivity contribution in [1.82, 2.24) is 9.62 Å². The molecule has 0 spiro atoms. The molecule has 1 unspecified atom stereocenters. The third-order valence-electron chi connectivity index (χ3n) is 4.01. The highest BCUT2D eigenvalue weighted by molar-refractivity contribution is 7.89. The van der Waals surface area contributed by atoms with Crippen molar-refractivity contribution in [2.75, 3.05) is 25.4 Å². The van der Waals surface area contributed by atoms with E-state index in [1.807, 2.05) is 0 Å². The molecule has 0 saturated carbocycles. The first kappa shape index (κ1) is 19.2. The van der Waals surface area contributed by atoms with E-state index < -0.39 is 33.7 Å². The molecule has 0 aromatic heterocycles. The van der Waals surface area contributed by atoms with Crippen LogP contribution in [-0.4, -0.2) is 55.2 Å². The van der Waals surface area contributed by atoms with Gasteiger partial charge in [0.25, 0.3) is 0 Å². The first-order chi connectivity index (χ1) is 11.8. The number of sulfonamides is 1. The summed E-state index contributed by atoms with van der Waals surface area (Å²) in [6.45, 7) is 4.38. The van der Waals surface area contributed by atoms with Crippen LogP contribution in [0.15, 0.2) is 18.2 Å². The Morgan fingerprint density at radius 2 is 2.00 bits per heavy atom. The molecule has 138 valence electrons. The average Bonchev–Trinajstić information content (AvgIpc) is 3.00. The summed E-state index contributed by atoms with van der Waals surface area (Å²) in [6.07, 6.45) is 0.666. The van der Waals surface area contributed by atoms with Crippen LogP contribution in [0.1, 0.15) is 31.0 Å². The van der Waals surface area contributed by atoms with Gasteiger partial charge >= 0.3 is 5.97 Å². The first-order valence-electron chi connectivity index (χ1n) is 8.04. The van der Waals surface area contributed by atoms with E-state index in [9.17, 15) is 23.1 Å². The number of fused-ring (bicyclic) bond motifs is 1. The van der Waals surface area contributed by atoms with E-state index in [-0.39, 0.29) is 13.1 Å². The Morgan fingerprint density at radius 1 is 1.32 bits per heavy atom. The third kappa shape index (κ3) is 4.49. The Hall–Kier alpha value is -2.13. The molecule has 0 saturated heterocycles. The van der Waals surface area contributed by atoms with Crippen LogP contribution < -0.4 is 10.1 Å². The number of carbonyl (C=O) groups is 2. The van der Waals surface area contributed by atoms with Crippen LogP contribution in [0.3, 0.4) is 0 Å². The summed E-state index contributed by atoms with van der Waals surface area (Å²) in [7, 11) is -3.78. The minimum absolute atomic E-state index is 0.249. The largest absolute Gasteiger partial charge is 0.493 e. The summed E-state index contributed by atoms with van der Waals surface area (Å²) in [4.78, 5) is 23.7. The lowest BCUT2D eigenvalue weighted by atomic mass is 10.0. The molecule has 9 heteroatoms. The van der Waals surface area contributed by atoms with Gasteiger partial charge in [0.2, 0.25) is 15.9 Å². The second-order valence-corrected chi connectivity index (χ2v) is 7.61. The predicted octanol–water partition coefficient (Wildman–Crippen LogP) is 0.535. The fraction of sp³-hybridized carbons (Fsp3) is 0.500. The van der Waals surface area contributed by atoms with Crippen molar-refractivity contribution in [2.24, 2.45) is 0 Å². The standard InChI is InChI=1S/C16H22N2O6S/c1-3-18(4-2)25(22,23)10-14(19)17-15(16(20)21)12-5-6-13-11(9-12)7-8-24-13/h5-6,9,15H,3-4,7-8,10H2,1-2H3,(H,17,19)(H,20,21). The minimum atomic E-state index is -3.78. The quantitative estimate of drug-likeness (QED) is 0.690. The van der Waals surface area contributed by atoms with Crippen molar-refractivity contribution in [3.05, 3.63) is 29.3 Å². The topological polar surface area (TPSA) is 113 Å². The van der Waals surface area contributed by atoms with E-state index in [1.54, 1.807) is 32.0 Å². The number of ether oxygens (including phenoxy) is 1. The molecule has 1 amide bonds. The lowest BCUT2D eigenvalue weighted by Crippen LogP contribution is -2.42. The maximum Gasteiger partial charge on any atom is 0.330 e. The van der Waals surface area contributed by atoms with Crippen molar-refractivity contribution in [3.8, 4) is 5.75 Å². The van der Waals surface area contributed by atoms with E-state index in [2.05, 4.69) is 5.32 Å². The van der Waals surface area contributed by atoms with Gasteiger partial charge in [0.05, 0.1) is 6.61 Å². The van der Waals surface area contributed by atoms with Crippen LogP contribution >= 0.6 is 0 Å². The minimum Gasteiger partial charge on any atom is -0.493 e. The Balaban J connectivity index is 2.14. The number of aliphatic carboxylic acids is 1. The zero-order chi connectivity index (χ0) is 18.6. The molecular weight excluding hydrogens is 348 g/mol. The lowest BCUT2D eigenvalue weighted by molar-refractivity contribution is -0.141. The second-order valence-electron chi connectivity index (χ2n) is 5.64. The third-order valence-corrected chi connectivity index (χ3v) is 5.94. The number of hydrogen-bond acceptors (Lipinski definition) is 5. The summed E-state index contributed by atoms with van der Waals surface area (Å²) in [5.41, 5.74) is 1.25. The first-order valence-corrected chi connectivity index (χ1v) is 9.65. The fourth-order valence-corrected chi connectivity index (χ4v) is 4.13. The van der Waals surface area contributed by atoms with Gasteiger partial charge in [0, 0.05) is 19.5 Å². The maximum atomic E-state index is 12.1. The van der Waals surface area contributed by atoms with E-state index in [4.69, 9.17) is 4.74 Å². The summed E-state index contributed by atoms with van der Waals surface area (Å²) >= 11 is 0. The number of hydrogen-bond donors (Lipinski definition) is 2. The molecule has 0 fully saturated rings. The zero-order valence-electron chi connectivity index (χ0n) is 14.2. The molecular formula is C16H22N2O6S. The number of nitrogens with zero attached hydrogens (tertiary/aromatic N) is 1. The second kappa shape index (κ2) is 7.83. The van der Waals surface area contributed by atoms with E-state index in [0.29, 0.717) is 24.3 Å². The highest BCUT2D eigenvalue weighted by Gasteiger charge is 2.28. The molecule has 1 aliphatic rings. The van der Waals surface area contributed by atoms with Crippen LogP contribution in [0, 0.1) is 0 Å².